The molecule has 0 saturated carbocycles. The maximum Gasteiger partial charge on any atom is 0.494 e. The highest BCUT2D eigenvalue weighted by atomic mass is 79.9. The number of hydrogen-bond acceptors (Lipinski definition) is 20. The summed E-state index contributed by atoms with van der Waals surface area (Å²) in [5, 5.41) is 28.2. The first-order chi connectivity index (χ1) is 49.2. The number of rotatable bonds is 15. The molecule has 1 atom stereocenters. The molecule has 16 rings (SSSR count). The molecule has 1 aliphatic rings. The molecule has 0 aliphatic carbocycles. The molecule has 1 fully saturated rings. The fourth-order valence-electron chi connectivity index (χ4n) is 11.6. The van der Waals surface area contributed by atoms with Gasteiger partial charge in [-0.05, 0) is 164 Å². The van der Waals surface area contributed by atoms with Gasteiger partial charge in [0.2, 0.25) is 24.3 Å². The molecule has 107 heavy (non-hydrogen) atoms. The summed E-state index contributed by atoms with van der Waals surface area (Å²) in [6.07, 6.45) is 11.7. The molecule has 29 heteroatoms. The number of aromatic nitrogens is 18. The lowest BCUT2D eigenvalue weighted by atomic mass is 9.79. The van der Waals surface area contributed by atoms with Crippen molar-refractivity contribution in [2.75, 3.05) is 33.3 Å². The van der Waals surface area contributed by atoms with Crippen LogP contribution in [-0.4, -0.2) is 146 Å². The predicted octanol–water partition coefficient (Wildman–Crippen LogP) is 16.7. The summed E-state index contributed by atoms with van der Waals surface area (Å²) in [5.41, 5.74) is 16.2. The van der Waals surface area contributed by atoms with Crippen molar-refractivity contribution >= 4 is 117 Å². The van der Waals surface area contributed by atoms with Gasteiger partial charge in [0.1, 0.15) is 4.60 Å². The van der Waals surface area contributed by atoms with Crippen LogP contribution in [0, 0.1) is 0 Å². The van der Waals surface area contributed by atoms with E-state index in [0.717, 1.165) is 88.4 Å². The number of pyridine rings is 3. The summed E-state index contributed by atoms with van der Waals surface area (Å²) in [5.74, 6) is 0. The largest absolute Gasteiger partial charge is 0.494 e. The van der Waals surface area contributed by atoms with Crippen molar-refractivity contribution in [3.05, 3.63) is 239 Å². The van der Waals surface area contributed by atoms with Crippen molar-refractivity contribution in [2.24, 2.45) is 0 Å². The highest BCUT2D eigenvalue weighted by Crippen LogP contribution is 2.43. The quantitative estimate of drug-likeness (QED) is 0.0736. The molecule has 10 heterocycles. The van der Waals surface area contributed by atoms with E-state index in [2.05, 4.69) is 100.0 Å². The Bertz CT molecular complexity index is 5500. The zero-order valence-electron chi connectivity index (χ0n) is 58.1. The third-order valence-electron chi connectivity index (χ3n) is 17.3. The van der Waals surface area contributed by atoms with E-state index in [0.29, 0.717) is 76.1 Å². The van der Waals surface area contributed by atoms with Crippen LogP contribution in [0.15, 0.2) is 206 Å². The van der Waals surface area contributed by atoms with Crippen LogP contribution in [0.3, 0.4) is 0 Å². The van der Waals surface area contributed by atoms with Crippen LogP contribution in [0.4, 0.5) is 0 Å². The van der Waals surface area contributed by atoms with Crippen molar-refractivity contribution in [2.45, 2.75) is 107 Å². The van der Waals surface area contributed by atoms with Gasteiger partial charge in [0.15, 0.2) is 16.9 Å². The van der Waals surface area contributed by atoms with E-state index in [1.54, 1.807) is 64.6 Å². The minimum Gasteiger partial charge on any atom is -0.399 e. The molecule has 1 aliphatic heterocycles. The van der Waals surface area contributed by atoms with E-state index in [-0.39, 0.29) is 54.2 Å². The molecular weight excluding hydrogens is 1470 g/mol. The standard InChI is InChI=1S/C23H21N6OP.C22H19N6O2P.C15H24BO3P.C14H9BrN6.4CH4/c1-31(2,30)15-16-5-8-18(9-6-16)21-13-25-22-23(26-21)29(28-27-22)14-17-7-10-20-19(12-17)4-3-11-24-20;1-31(29,30)14-15-4-7-17(8-5-15)20-12-24-21-22(25-20)28(27-26-21)13-16-6-9-19-18(11-16)3-2-10-23-19;1-14(2)15(3,4)19-16(18-14)13-9-7-12(8-10-13)11-20(5,6)17;15-12-7-17-13-14(18-12)21(20-19-13)8-9-3-4-11-10(6-9)2-1-5-16-11;;;;/h3-13H,14-15H2,1-2H3;2-12H,13-14H2,1H3,(H,29,30);7-10H,11H2,1-6H3;1-7H,8H2;4*1H4. The lowest BCUT2D eigenvalue weighted by Crippen LogP contribution is -2.41. The van der Waals surface area contributed by atoms with E-state index in [1.165, 1.54) is 6.66 Å². The summed E-state index contributed by atoms with van der Waals surface area (Å²) in [4.78, 5) is 49.5. The molecular formula is C78H89BBrN18O6P3. The molecule has 1 saturated heterocycles. The Morgan fingerprint density at radius 2 is 0.748 bits per heavy atom. The van der Waals surface area contributed by atoms with Crippen LogP contribution in [0.2, 0.25) is 0 Å². The molecule has 0 spiro atoms. The molecule has 0 amide bonds. The Kier molecular flexibility index (Phi) is 25.7. The molecule has 1 N–H and O–H groups in total. The van der Waals surface area contributed by atoms with E-state index in [1.807, 2.05) is 187 Å². The van der Waals surface area contributed by atoms with Gasteiger partial charge >= 0.3 is 7.12 Å². The summed E-state index contributed by atoms with van der Waals surface area (Å²) in [7, 11) is -7.57. The second kappa shape index (κ2) is 33.9. The van der Waals surface area contributed by atoms with E-state index >= 15 is 0 Å². The van der Waals surface area contributed by atoms with Crippen LogP contribution in [-0.2, 0) is 61.1 Å². The summed E-state index contributed by atoms with van der Waals surface area (Å²) < 4.78 is 53.5. The number of hydrogen-bond donors (Lipinski definition) is 1. The van der Waals surface area contributed by atoms with Crippen LogP contribution >= 0.6 is 37.6 Å². The molecule has 552 valence electrons. The van der Waals surface area contributed by atoms with Crippen molar-refractivity contribution in [3.63, 3.8) is 0 Å². The fourth-order valence-corrected chi connectivity index (χ4v) is 14.9. The maximum absolute atomic E-state index is 12.1. The van der Waals surface area contributed by atoms with Crippen molar-refractivity contribution in [1.29, 1.82) is 0 Å². The average molecular weight is 1560 g/mol. The summed E-state index contributed by atoms with van der Waals surface area (Å²) >= 11 is 3.32. The van der Waals surface area contributed by atoms with E-state index < -0.39 is 21.7 Å². The van der Waals surface area contributed by atoms with Crippen molar-refractivity contribution in [3.8, 4) is 22.5 Å². The first-order valence-electron chi connectivity index (χ1n) is 33.0. The van der Waals surface area contributed by atoms with Crippen LogP contribution < -0.4 is 5.46 Å². The average Bonchev–Trinajstić information content (AvgIpc) is 1.63. The van der Waals surface area contributed by atoms with Gasteiger partial charge in [-0.25, -0.2) is 43.9 Å². The highest BCUT2D eigenvalue weighted by Gasteiger charge is 2.51. The van der Waals surface area contributed by atoms with E-state index in [4.69, 9.17) is 19.3 Å². The Morgan fingerprint density at radius 3 is 1.10 bits per heavy atom. The normalized spacial score (nSPS) is 13.5. The molecule has 0 radical (unpaired) electrons. The molecule has 6 aromatic carbocycles. The van der Waals surface area contributed by atoms with Gasteiger partial charge in [-0.15, -0.1) is 15.3 Å². The van der Waals surface area contributed by atoms with E-state index in [9.17, 15) is 18.6 Å². The molecule has 24 nitrogen and oxygen atoms in total. The first kappa shape index (κ1) is 81.2. The molecule has 9 aromatic heterocycles. The highest BCUT2D eigenvalue weighted by molar-refractivity contribution is 9.10. The SMILES string of the molecule is Brc1cnc2nnn(Cc3ccc4ncccc4c3)c2n1.C.C.C.C.CC1(C)OB(c2ccc(CP(C)(C)=O)cc2)OC1(C)C.CP(=O)(O)Cc1ccc(-c2cnc3nnn(Cc4ccc5ncccc5c4)c3n2)cc1.CP(C)(=O)Cc1ccc(-c2cnc3nnn(Cc4ccc5ncccc5c4)c3n2)cc1. The van der Waals surface area contributed by atoms with Gasteiger partial charge in [-0.1, -0.05) is 155 Å². The number of fused-ring (bicyclic) bond motifs is 6. The monoisotopic (exact) mass is 1560 g/mol. The lowest BCUT2D eigenvalue weighted by Gasteiger charge is -2.32. The molecule has 1 unspecified atom stereocenters. The Hall–Kier alpha value is -9.90. The molecule has 0 bridgehead atoms. The van der Waals surface area contributed by atoms with Gasteiger partial charge in [-0.2, -0.15) is 0 Å². The first-order valence-corrected chi connectivity index (χ1v) is 41.7. The second-order valence-electron chi connectivity index (χ2n) is 27.4. The third kappa shape index (κ3) is 20.4. The second-order valence-corrected chi connectivity index (χ2v) is 37.5. The Balaban J connectivity index is 0.000000166. The topological polar surface area (TPSA) is 298 Å². The smallest absolute Gasteiger partial charge is 0.399 e. The summed E-state index contributed by atoms with van der Waals surface area (Å²) in [6, 6.07) is 53.7. The fraction of sp³-hybridized carbons (Fsp3) is 0.269. The minimum absolute atomic E-state index is 0. The van der Waals surface area contributed by atoms with Gasteiger partial charge in [0.05, 0.1) is 91.6 Å². The Labute approximate surface area is 632 Å². The number of halogens is 1. The number of nitrogens with zero attached hydrogens (tertiary/aromatic N) is 18. The minimum atomic E-state index is -3.11. The van der Waals surface area contributed by atoms with Crippen molar-refractivity contribution < 1.29 is 27.9 Å². The Morgan fingerprint density at radius 1 is 0.421 bits per heavy atom. The van der Waals surface area contributed by atoms with Crippen molar-refractivity contribution in [1.82, 2.24) is 89.8 Å². The van der Waals surface area contributed by atoms with Gasteiger partial charge in [0.25, 0.3) is 0 Å². The zero-order chi connectivity index (χ0) is 72.3. The van der Waals surface area contributed by atoms with Crippen LogP contribution in [0.5, 0.6) is 0 Å². The van der Waals surface area contributed by atoms with Crippen LogP contribution in [0.25, 0.3) is 89.1 Å². The summed E-state index contributed by atoms with van der Waals surface area (Å²) in [6.45, 7) is 18.4. The van der Waals surface area contributed by atoms with Gasteiger partial charge in [0, 0.05) is 71.0 Å². The lowest BCUT2D eigenvalue weighted by molar-refractivity contribution is 0.00578. The van der Waals surface area contributed by atoms with Gasteiger partial charge < -0.3 is 23.3 Å². The van der Waals surface area contributed by atoms with Crippen LogP contribution in [0.1, 0.15) is 90.8 Å². The number of benzene rings is 6. The maximum atomic E-state index is 12.1. The zero-order valence-corrected chi connectivity index (χ0v) is 62.4. The van der Waals surface area contributed by atoms with Gasteiger partial charge in [-0.3, -0.25) is 19.5 Å². The molecule has 15 aromatic rings. The third-order valence-corrected chi connectivity index (χ3v) is 20.8. The predicted molar refractivity (Wildman–Crippen MR) is 435 cm³/mol.